The van der Waals surface area contributed by atoms with E-state index < -0.39 is 0 Å². The van der Waals surface area contributed by atoms with E-state index in [-0.39, 0.29) is 0 Å². The Morgan fingerprint density at radius 1 is 0.638 bits per heavy atom. The normalized spacial score (nSPS) is 16.2. The maximum absolute atomic E-state index is 2.46. The molecule has 1 heteroatoms. The van der Waals surface area contributed by atoms with Crippen LogP contribution >= 0.6 is 0 Å². The SMILES string of the molecule is C/C=C(/Cc1ccc(C)cc1)C1=CC(C)C(c2ccc(N(c3cccc(-c4ccccc4)c3)c3ccc4ccccc4c3)cc2)C=C1. The molecule has 1 nitrogen and oxygen atoms in total. The molecule has 2 unspecified atom stereocenters. The van der Waals surface area contributed by atoms with Gasteiger partial charge in [-0.25, -0.2) is 0 Å². The van der Waals surface area contributed by atoms with Crippen LogP contribution < -0.4 is 4.90 Å². The summed E-state index contributed by atoms with van der Waals surface area (Å²) in [7, 11) is 0. The van der Waals surface area contributed by atoms with Gasteiger partial charge in [0.2, 0.25) is 0 Å². The summed E-state index contributed by atoms with van der Waals surface area (Å²) in [5, 5.41) is 2.48. The second-order valence-corrected chi connectivity index (χ2v) is 12.7. The summed E-state index contributed by atoms with van der Waals surface area (Å²) in [5.74, 6) is 0.730. The van der Waals surface area contributed by atoms with Crippen LogP contribution in [-0.2, 0) is 6.42 Å². The first-order valence-electron chi connectivity index (χ1n) is 16.7. The minimum atomic E-state index is 0.334. The third kappa shape index (κ3) is 6.62. The van der Waals surface area contributed by atoms with E-state index in [0.717, 1.165) is 23.5 Å². The number of aryl methyl sites for hydroxylation is 1. The monoisotopic (exact) mass is 607 g/mol. The molecule has 0 spiro atoms. The van der Waals surface area contributed by atoms with E-state index in [1.165, 1.54) is 49.7 Å². The van der Waals surface area contributed by atoms with Crippen LogP contribution in [0.1, 0.15) is 36.5 Å². The van der Waals surface area contributed by atoms with Crippen LogP contribution in [0.2, 0.25) is 0 Å². The molecule has 1 aliphatic carbocycles. The van der Waals surface area contributed by atoms with Crippen LogP contribution in [0.5, 0.6) is 0 Å². The molecule has 0 saturated heterocycles. The fraction of sp³-hybridized carbons (Fsp3) is 0.130. The van der Waals surface area contributed by atoms with Crippen molar-refractivity contribution in [2.45, 2.75) is 33.1 Å². The highest BCUT2D eigenvalue weighted by Crippen LogP contribution is 2.40. The molecule has 1 aliphatic rings. The van der Waals surface area contributed by atoms with Crippen LogP contribution in [0.15, 0.2) is 181 Å². The van der Waals surface area contributed by atoms with Gasteiger partial charge in [-0.15, -0.1) is 0 Å². The van der Waals surface area contributed by atoms with Gasteiger partial charge in [0, 0.05) is 23.0 Å². The second kappa shape index (κ2) is 13.5. The fourth-order valence-electron chi connectivity index (χ4n) is 6.81. The zero-order valence-electron chi connectivity index (χ0n) is 27.5. The van der Waals surface area contributed by atoms with Gasteiger partial charge < -0.3 is 4.90 Å². The number of anilines is 3. The summed E-state index contributed by atoms with van der Waals surface area (Å²) >= 11 is 0. The molecule has 0 heterocycles. The zero-order chi connectivity index (χ0) is 32.2. The van der Waals surface area contributed by atoms with Gasteiger partial charge in [0.25, 0.3) is 0 Å². The van der Waals surface area contributed by atoms with E-state index in [0.29, 0.717) is 11.8 Å². The Bertz CT molecular complexity index is 2080. The van der Waals surface area contributed by atoms with Gasteiger partial charge in [0.15, 0.2) is 0 Å². The van der Waals surface area contributed by atoms with E-state index in [1.807, 2.05) is 0 Å². The molecule has 7 rings (SSSR count). The maximum Gasteiger partial charge on any atom is 0.0468 e. The lowest BCUT2D eigenvalue weighted by atomic mass is 9.80. The second-order valence-electron chi connectivity index (χ2n) is 12.7. The molecule has 47 heavy (non-hydrogen) atoms. The summed E-state index contributed by atoms with van der Waals surface area (Å²) in [6.07, 6.45) is 10.4. The molecular weight excluding hydrogens is 567 g/mol. The van der Waals surface area contributed by atoms with Gasteiger partial charge in [-0.3, -0.25) is 0 Å². The standard InChI is InChI=1S/C46H41N/c1-4-36(30-35-19-17-33(2)18-20-35)42-24-28-46(34(3)29-42)39-22-25-43(26-23-39)47(45-27-21-38-13-8-9-14-40(38)32-45)44-16-10-15-41(31-44)37-11-6-5-7-12-37/h4-29,31-32,34,46H,30H2,1-3H3/b36-4-. The van der Waals surface area contributed by atoms with Crippen LogP contribution in [0.4, 0.5) is 17.1 Å². The number of hydrogen-bond acceptors (Lipinski definition) is 1. The Labute approximate surface area is 279 Å². The first-order valence-corrected chi connectivity index (χ1v) is 16.7. The molecule has 230 valence electrons. The molecule has 0 radical (unpaired) electrons. The minimum absolute atomic E-state index is 0.334. The van der Waals surface area contributed by atoms with Crippen molar-refractivity contribution in [3.05, 3.63) is 198 Å². The molecule has 0 aliphatic heterocycles. The smallest absolute Gasteiger partial charge is 0.0468 e. The van der Waals surface area contributed by atoms with Gasteiger partial charge in [-0.05, 0) is 107 Å². The zero-order valence-corrected chi connectivity index (χ0v) is 27.5. The van der Waals surface area contributed by atoms with Crippen molar-refractivity contribution >= 4 is 27.8 Å². The van der Waals surface area contributed by atoms with E-state index in [1.54, 1.807) is 0 Å². The van der Waals surface area contributed by atoms with Gasteiger partial charge in [-0.1, -0.05) is 146 Å². The van der Waals surface area contributed by atoms with Gasteiger partial charge in [0.05, 0.1) is 0 Å². The highest BCUT2D eigenvalue weighted by molar-refractivity contribution is 5.89. The van der Waals surface area contributed by atoms with Crippen LogP contribution in [0, 0.1) is 12.8 Å². The Morgan fingerprint density at radius 3 is 2.06 bits per heavy atom. The molecule has 2 atom stereocenters. The Kier molecular flexibility index (Phi) is 8.71. The number of hydrogen-bond donors (Lipinski definition) is 0. The third-order valence-electron chi connectivity index (χ3n) is 9.47. The number of nitrogens with zero attached hydrogens (tertiary/aromatic N) is 1. The predicted molar refractivity (Wildman–Crippen MR) is 202 cm³/mol. The Morgan fingerprint density at radius 2 is 1.32 bits per heavy atom. The average Bonchev–Trinajstić information content (AvgIpc) is 3.12. The molecule has 0 amide bonds. The van der Waals surface area contributed by atoms with Crippen molar-refractivity contribution in [2.75, 3.05) is 4.90 Å². The quantitative estimate of drug-likeness (QED) is 0.166. The van der Waals surface area contributed by atoms with Crippen molar-refractivity contribution < 1.29 is 0 Å². The van der Waals surface area contributed by atoms with Crippen molar-refractivity contribution in [1.29, 1.82) is 0 Å². The van der Waals surface area contributed by atoms with Crippen LogP contribution in [0.25, 0.3) is 21.9 Å². The van der Waals surface area contributed by atoms with Crippen molar-refractivity contribution in [1.82, 2.24) is 0 Å². The number of rotatable bonds is 8. The van der Waals surface area contributed by atoms with Gasteiger partial charge in [0.1, 0.15) is 0 Å². The fourth-order valence-corrected chi connectivity index (χ4v) is 6.81. The molecule has 0 fully saturated rings. The Balaban J connectivity index is 1.19. The lowest BCUT2D eigenvalue weighted by Crippen LogP contribution is -2.12. The van der Waals surface area contributed by atoms with Crippen LogP contribution in [-0.4, -0.2) is 0 Å². The average molecular weight is 608 g/mol. The summed E-state index contributed by atoms with van der Waals surface area (Å²) in [4.78, 5) is 2.38. The number of fused-ring (bicyclic) bond motifs is 1. The summed E-state index contributed by atoms with van der Waals surface area (Å²) in [5.41, 5.74) is 12.6. The molecule has 0 saturated carbocycles. The highest BCUT2D eigenvalue weighted by atomic mass is 15.1. The molecule has 0 N–H and O–H groups in total. The molecule has 0 bridgehead atoms. The lowest BCUT2D eigenvalue weighted by molar-refractivity contribution is 0.630. The van der Waals surface area contributed by atoms with E-state index in [2.05, 4.69) is 196 Å². The molecule has 0 aromatic heterocycles. The van der Waals surface area contributed by atoms with Gasteiger partial charge >= 0.3 is 0 Å². The summed E-state index contributed by atoms with van der Waals surface area (Å²) in [6, 6.07) is 52.9. The van der Waals surface area contributed by atoms with E-state index >= 15 is 0 Å². The van der Waals surface area contributed by atoms with E-state index in [9.17, 15) is 0 Å². The van der Waals surface area contributed by atoms with Gasteiger partial charge in [-0.2, -0.15) is 0 Å². The van der Waals surface area contributed by atoms with Crippen molar-refractivity contribution in [3.8, 4) is 11.1 Å². The van der Waals surface area contributed by atoms with Crippen LogP contribution in [0.3, 0.4) is 0 Å². The minimum Gasteiger partial charge on any atom is -0.310 e. The first kappa shape index (κ1) is 30.3. The molecule has 6 aromatic carbocycles. The number of allylic oxidation sites excluding steroid dienone is 6. The third-order valence-corrected chi connectivity index (χ3v) is 9.47. The number of benzene rings is 6. The lowest BCUT2D eigenvalue weighted by Gasteiger charge is -2.28. The van der Waals surface area contributed by atoms with E-state index in [4.69, 9.17) is 0 Å². The largest absolute Gasteiger partial charge is 0.310 e. The Hall–Kier alpha value is -5.40. The predicted octanol–water partition coefficient (Wildman–Crippen LogP) is 12.7. The topological polar surface area (TPSA) is 3.24 Å². The first-order chi connectivity index (χ1) is 23.1. The maximum atomic E-state index is 2.46. The molecule has 6 aromatic rings. The van der Waals surface area contributed by atoms with Crippen molar-refractivity contribution in [3.63, 3.8) is 0 Å². The van der Waals surface area contributed by atoms with Crippen molar-refractivity contribution in [2.24, 2.45) is 5.92 Å². The summed E-state index contributed by atoms with van der Waals surface area (Å²) in [6.45, 7) is 6.65. The summed E-state index contributed by atoms with van der Waals surface area (Å²) < 4.78 is 0. The molecular formula is C46H41N. The highest BCUT2D eigenvalue weighted by Gasteiger charge is 2.21.